The molecule has 0 saturated carbocycles. The van der Waals surface area contributed by atoms with Gasteiger partial charge in [-0.1, -0.05) is 236 Å². The average Bonchev–Trinajstić information content (AvgIpc) is 1.69. The van der Waals surface area contributed by atoms with Gasteiger partial charge in [0.25, 0.3) is 0 Å². The molecule has 12 heterocycles. The van der Waals surface area contributed by atoms with E-state index in [1.165, 1.54) is 18.6 Å². The predicted molar refractivity (Wildman–Crippen MR) is 512 cm³/mol. The molecular formula is C97H134Mn6N24. The zero-order valence-corrected chi connectivity index (χ0v) is 85.8. The zero-order valence-electron chi connectivity index (χ0n) is 78.8. The van der Waals surface area contributed by atoms with Crippen molar-refractivity contribution in [3.8, 4) is 0 Å². The SMILES string of the molecule is CC(C)N=Cc1ccc[n-]1.CCC(C)N=Cc1ccc(C)[n-]1.CCC(C)N=Cc1ccc(C)[n-]1.CCN=Cc1ccc[n-]1.CN=Cc1ccc(C)[n-]1.Cc1ccc(C=NC(C)(C)C)[n-]1.Cc1ccc(C=NC(C)(C)C)[n-]1.Cc1ccc(C=NCC(C)C)[n-]1.Cc1ccc(C=NCC(C)C)[n-]1.N=Cc1ccc[n-]1.N=Cc1ccc[n-]1.N=Cc1ccc[n-]1.[Mn+2].[Mn+2].[Mn+2].[Mn+2].[Mn+2].[Mn+2]. The largest absolute Gasteiger partial charge is 2.00 e. The molecule has 12 aromatic rings. The first kappa shape index (κ1) is 128. The summed E-state index contributed by atoms with van der Waals surface area (Å²) in [6.45, 7) is 52.0. The second-order valence-corrected chi connectivity index (χ2v) is 30.4. The van der Waals surface area contributed by atoms with Crippen LogP contribution in [0.2, 0.25) is 0 Å². The Kier molecular flexibility index (Phi) is 78.4. The molecular weight excluding hydrogens is 1830 g/mol. The van der Waals surface area contributed by atoms with Crippen LogP contribution in [-0.4, -0.2) is 130 Å². The van der Waals surface area contributed by atoms with Crippen molar-refractivity contribution in [3.05, 3.63) is 285 Å². The second kappa shape index (κ2) is 77.6. The Balaban J connectivity index is -0.000000314. The molecule has 684 valence electrons. The van der Waals surface area contributed by atoms with Gasteiger partial charge in [-0.05, 0) is 101 Å². The summed E-state index contributed by atoms with van der Waals surface area (Å²) in [6, 6.07) is 47.4. The molecule has 0 aliphatic carbocycles. The molecule has 0 aliphatic rings. The van der Waals surface area contributed by atoms with Gasteiger partial charge in [0.1, 0.15) is 0 Å². The number of aromatic nitrogens is 12. The molecule has 12 aromatic heterocycles. The van der Waals surface area contributed by atoms with E-state index in [1.807, 2.05) is 216 Å². The van der Waals surface area contributed by atoms with Crippen LogP contribution in [0.5, 0.6) is 0 Å². The molecule has 0 amide bonds. The fourth-order valence-corrected chi connectivity index (χ4v) is 8.26. The summed E-state index contributed by atoms with van der Waals surface area (Å²) < 4.78 is 0. The number of aliphatic imine (C=N–C) groups is 9. The molecule has 3 N–H and O–H groups in total. The van der Waals surface area contributed by atoms with E-state index in [-0.39, 0.29) is 113 Å². The van der Waals surface area contributed by atoms with Crippen molar-refractivity contribution in [2.75, 3.05) is 26.7 Å². The summed E-state index contributed by atoms with van der Waals surface area (Å²) in [5.74, 6) is 1.25. The van der Waals surface area contributed by atoms with Crippen LogP contribution < -0.4 is 59.8 Å². The van der Waals surface area contributed by atoms with Crippen LogP contribution in [0, 0.1) is 76.5 Å². The summed E-state index contributed by atoms with van der Waals surface area (Å²) in [4.78, 5) is 87.1. The van der Waals surface area contributed by atoms with Gasteiger partial charge in [-0.25, -0.2) is 0 Å². The van der Waals surface area contributed by atoms with Crippen molar-refractivity contribution in [3.63, 3.8) is 0 Å². The Hall–Kier alpha value is -9.48. The van der Waals surface area contributed by atoms with E-state index in [2.05, 4.69) is 202 Å². The Bertz CT molecular complexity index is 4510. The standard InChI is InChI=1S/6C10H15N2.C8H11N2.2C7H9N2.3C5H5N2.6Mn/c2*1-8-5-6-9(12-8)7-11-10(2,3)4;2*1-8(2)6-11-7-10-5-4-9(3)12-10;2*1-4-8(2)11-7-10-6-5-9(3)12-10;1-7(2)10-6-8-4-3-5-9-8;1-6-3-4-7(9-6)5-8-2;1-2-8-6-7-4-3-5-9-7;3*6-4-5-2-1-3-7-5;;;;;;/h2*5-7H,1-4H3;2*4-5,7-8H,6H2,1-3H3;2*5-8H,4H2,1-3H3;3-7H,1-2H3;3-5H,1-2H3;3-6H,2H2,1H3;3*1-4,6H;;;;;;/q12*-1;6*+2. The molecule has 30 heteroatoms. The van der Waals surface area contributed by atoms with Gasteiger partial charge in [0.2, 0.25) is 0 Å². The number of nitrogens with one attached hydrogen (secondary N) is 3. The third-order valence-corrected chi connectivity index (χ3v) is 14.8. The van der Waals surface area contributed by atoms with E-state index in [0.29, 0.717) is 30.0 Å². The van der Waals surface area contributed by atoms with E-state index < -0.39 is 0 Å². The monoisotopic (exact) mass is 1960 g/mol. The Morgan fingerprint density at radius 2 is 0.520 bits per heavy atom. The van der Waals surface area contributed by atoms with Crippen LogP contribution in [0.15, 0.2) is 222 Å². The van der Waals surface area contributed by atoms with Crippen molar-refractivity contribution < 1.29 is 102 Å². The molecule has 0 saturated heterocycles. The number of nitrogens with zero attached hydrogens (tertiary/aromatic N) is 21. The predicted octanol–water partition coefficient (Wildman–Crippen LogP) is 18.2. The quantitative estimate of drug-likeness (QED) is 0.0421. The minimum absolute atomic E-state index is 0. The van der Waals surface area contributed by atoms with E-state index in [0.717, 1.165) is 141 Å². The van der Waals surface area contributed by atoms with Gasteiger partial charge in [-0.3, -0.25) is 44.9 Å². The Morgan fingerprint density at radius 1 is 0.291 bits per heavy atom. The maximum Gasteiger partial charge on any atom is 2.00 e. The molecule has 12 rings (SSSR count). The molecule has 2 atom stereocenters. The summed E-state index contributed by atoms with van der Waals surface area (Å²) in [6.07, 6.45) is 30.7. The van der Waals surface area contributed by atoms with Crippen molar-refractivity contribution in [2.24, 2.45) is 56.8 Å². The summed E-state index contributed by atoms with van der Waals surface area (Å²) in [5, 5.41) is 20.0. The van der Waals surface area contributed by atoms with E-state index >= 15 is 0 Å². The number of hydrogen-bond acceptors (Lipinski definition) is 12. The molecule has 127 heavy (non-hydrogen) atoms. The maximum absolute atomic E-state index is 6.67. The summed E-state index contributed by atoms with van der Waals surface area (Å²) in [5.41, 5.74) is 18.1. The third kappa shape index (κ3) is 73.2. The first-order chi connectivity index (χ1) is 57.6. The van der Waals surface area contributed by atoms with Crippen molar-refractivity contribution in [1.29, 1.82) is 16.2 Å². The third-order valence-electron chi connectivity index (χ3n) is 14.8. The van der Waals surface area contributed by atoms with Gasteiger partial charge >= 0.3 is 102 Å². The maximum atomic E-state index is 6.67. The van der Waals surface area contributed by atoms with Gasteiger partial charge in [0.05, 0.1) is 11.1 Å². The van der Waals surface area contributed by atoms with Crippen molar-refractivity contribution >= 4 is 74.6 Å². The summed E-state index contributed by atoms with van der Waals surface area (Å²) >= 11 is 0. The van der Waals surface area contributed by atoms with Crippen LogP contribution in [0.1, 0.15) is 239 Å². The molecule has 0 spiro atoms. The first-order valence-corrected chi connectivity index (χ1v) is 40.8. The van der Waals surface area contributed by atoms with Gasteiger partial charge in [0.15, 0.2) is 0 Å². The van der Waals surface area contributed by atoms with Gasteiger partial charge in [-0.15, -0.1) is 68.3 Å². The first-order valence-electron chi connectivity index (χ1n) is 40.8. The van der Waals surface area contributed by atoms with E-state index in [4.69, 9.17) is 16.2 Å². The van der Waals surface area contributed by atoms with Gasteiger partial charge in [0, 0.05) is 119 Å². The molecule has 24 nitrogen and oxygen atoms in total. The molecule has 0 aromatic carbocycles. The van der Waals surface area contributed by atoms with Crippen LogP contribution >= 0.6 is 0 Å². The fourth-order valence-electron chi connectivity index (χ4n) is 8.26. The van der Waals surface area contributed by atoms with Crippen molar-refractivity contribution in [1.82, 2.24) is 59.8 Å². The van der Waals surface area contributed by atoms with E-state index in [1.54, 1.807) is 93.1 Å². The second-order valence-electron chi connectivity index (χ2n) is 30.4. The van der Waals surface area contributed by atoms with Gasteiger partial charge in [-0.2, -0.15) is 70.8 Å². The van der Waals surface area contributed by atoms with E-state index in [9.17, 15) is 0 Å². The van der Waals surface area contributed by atoms with Crippen molar-refractivity contribution in [2.45, 2.75) is 208 Å². The average molecular weight is 1970 g/mol. The molecule has 0 bridgehead atoms. The van der Waals surface area contributed by atoms with Crippen LogP contribution in [0.25, 0.3) is 0 Å². The zero-order chi connectivity index (χ0) is 90.2. The minimum Gasteiger partial charge on any atom is -0.663 e. The topological polar surface area (TPSA) is 352 Å². The minimum atomic E-state index is -0.00709. The molecule has 0 fully saturated rings. The molecule has 0 aliphatic heterocycles. The Labute approximate surface area is 822 Å². The van der Waals surface area contributed by atoms with Crippen LogP contribution in [0.4, 0.5) is 0 Å². The molecule has 2 unspecified atom stereocenters. The fraction of sp³-hybridized carbons (Fsp3) is 0.381. The molecule has 6 radical (unpaired) electrons. The number of rotatable bonds is 22. The number of aryl methyl sites for hydroxylation is 7. The smallest absolute Gasteiger partial charge is 0.663 e. The van der Waals surface area contributed by atoms with Gasteiger partial charge < -0.3 is 76.0 Å². The van der Waals surface area contributed by atoms with Crippen LogP contribution in [-0.2, 0) is 102 Å². The normalized spacial score (nSPS) is 11.1. The van der Waals surface area contributed by atoms with Crippen LogP contribution in [0.3, 0.4) is 0 Å². The number of hydrogen-bond donors (Lipinski definition) is 3. The Morgan fingerprint density at radius 3 is 0.709 bits per heavy atom. The summed E-state index contributed by atoms with van der Waals surface area (Å²) in [7, 11) is 1.74.